The van der Waals surface area contributed by atoms with Crippen molar-refractivity contribution in [2.24, 2.45) is 16.1 Å². The van der Waals surface area contributed by atoms with Gasteiger partial charge in [-0.3, -0.25) is 4.99 Å². The third-order valence-corrected chi connectivity index (χ3v) is 4.55. The summed E-state index contributed by atoms with van der Waals surface area (Å²) in [5.41, 5.74) is 8.30. The van der Waals surface area contributed by atoms with E-state index in [1.165, 1.54) is 5.56 Å². The molecule has 0 atom stereocenters. The number of nitrogens with two attached hydrogens (primary N) is 1. The van der Waals surface area contributed by atoms with Crippen LogP contribution in [-0.2, 0) is 0 Å². The van der Waals surface area contributed by atoms with Crippen LogP contribution in [0.1, 0.15) is 58.4 Å². The van der Waals surface area contributed by atoms with E-state index < -0.39 is 0 Å². The van der Waals surface area contributed by atoms with Gasteiger partial charge in [0, 0.05) is 18.8 Å². The largest absolute Gasteiger partial charge is 0.396 e. The van der Waals surface area contributed by atoms with E-state index in [9.17, 15) is 5.11 Å². The molecule has 1 rings (SSSR count). The first-order valence-corrected chi connectivity index (χ1v) is 8.24. The molecule has 0 aliphatic heterocycles. The highest BCUT2D eigenvalue weighted by Gasteiger charge is 2.25. The minimum absolute atomic E-state index is 0. The molecule has 23 heavy (non-hydrogen) atoms. The minimum atomic E-state index is 0. The first kappa shape index (κ1) is 22.2. The summed E-state index contributed by atoms with van der Waals surface area (Å²) in [4.78, 5) is 4.50. The molecule has 4 nitrogen and oxygen atoms in total. The third kappa shape index (κ3) is 7.08. The Kier molecular flexibility index (Phi) is 10.5. The zero-order valence-corrected chi connectivity index (χ0v) is 17.1. The van der Waals surface area contributed by atoms with Crippen molar-refractivity contribution in [3.63, 3.8) is 0 Å². The normalized spacial score (nSPS) is 12.2. The fraction of sp³-hybridized carbons (Fsp3) is 0.611. The maximum atomic E-state index is 9.25. The van der Waals surface area contributed by atoms with Gasteiger partial charge in [0.1, 0.15) is 0 Å². The number of anilines is 1. The maximum Gasteiger partial charge on any atom is 0.193 e. The van der Waals surface area contributed by atoms with E-state index in [1.807, 2.05) is 12.1 Å². The van der Waals surface area contributed by atoms with Crippen LogP contribution in [0.15, 0.2) is 29.3 Å². The molecule has 4 N–H and O–H groups in total. The zero-order chi connectivity index (χ0) is 16.6. The Bertz CT molecular complexity index is 485. The maximum absolute atomic E-state index is 9.25. The number of aliphatic hydroxyl groups excluding tert-OH is 1. The number of halogens is 1. The summed E-state index contributed by atoms with van der Waals surface area (Å²) >= 11 is 0. The average Bonchev–Trinajstić information content (AvgIpc) is 2.52. The molecule has 0 heterocycles. The molecular weight excluding hydrogens is 401 g/mol. The number of guanidine groups is 1. The van der Waals surface area contributed by atoms with Gasteiger partial charge in [0.25, 0.3) is 0 Å². The zero-order valence-electron chi connectivity index (χ0n) is 14.8. The second-order valence-corrected chi connectivity index (χ2v) is 6.29. The molecular formula is C18H32IN3O. The third-order valence-electron chi connectivity index (χ3n) is 4.55. The number of nitrogens with zero attached hydrogens (tertiary/aromatic N) is 1. The van der Waals surface area contributed by atoms with Gasteiger partial charge in [-0.05, 0) is 48.3 Å². The predicted octanol–water partition coefficient (Wildman–Crippen LogP) is 4.34. The van der Waals surface area contributed by atoms with Crippen molar-refractivity contribution in [2.45, 2.75) is 52.9 Å². The molecule has 1 aromatic carbocycles. The number of hydrogen-bond donors (Lipinski definition) is 3. The monoisotopic (exact) mass is 433 g/mol. The van der Waals surface area contributed by atoms with Gasteiger partial charge in [0.2, 0.25) is 0 Å². The van der Waals surface area contributed by atoms with Gasteiger partial charge in [0.05, 0.1) is 0 Å². The van der Waals surface area contributed by atoms with Gasteiger partial charge in [-0.1, -0.05) is 39.8 Å². The van der Waals surface area contributed by atoms with Gasteiger partial charge < -0.3 is 16.2 Å². The SMILES string of the molecule is CCC(CC)(CCO)CN=C(N)Nc1cccc(C(C)C)c1.I. The first-order chi connectivity index (χ1) is 10.5. The Morgan fingerprint density at radius 3 is 2.48 bits per heavy atom. The molecule has 0 fully saturated rings. The number of nitrogens with one attached hydrogen (secondary N) is 1. The molecule has 0 aliphatic carbocycles. The van der Waals surface area contributed by atoms with Crippen LogP contribution in [0.2, 0.25) is 0 Å². The van der Waals surface area contributed by atoms with E-state index >= 15 is 0 Å². The van der Waals surface area contributed by atoms with Crippen molar-refractivity contribution in [1.82, 2.24) is 0 Å². The van der Waals surface area contributed by atoms with Crippen LogP contribution >= 0.6 is 24.0 Å². The van der Waals surface area contributed by atoms with Crippen molar-refractivity contribution in [3.05, 3.63) is 29.8 Å². The molecule has 0 bridgehead atoms. The van der Waals surface area contributed by atoms with E-state index in [0.717, 1.165) is 24.9 Å². The molecule has 0 aromatic heterocycles. The highest BCUT2D eigenvalue weighted by molar-refractivity contribution is 14.0. The molecule has 0 saturated heterocycles. The summed E-state index contributed by atoms with van der Waals surface area (Å²) in [6.45, 7) is 9.46. The average molecular weight is 433 g/mol. The Balaban J connectivity index is 0.00000484. The first-order valence-electron chi connectivity index (χ1n) is 8.24. The Hall–Kier alpha value is -0.820. The van der Waals surface area contributed by atoms with Crippen LogP contribution in [-0.4, -0.2) is 24.2 Å². The van der Waals surface area contributed by atoms with Crippen LogP contribution in [0.5, 0.6) is 0 Å². The fourth-order valence-electron chi connectivity index (χ4n) is 2.56. The van der Waals surface area contributed by atoms with Crippen LogP contribution in [0.25, 0.3) is 0 Å². The van der Waals surface area contributed by atoms with Gasteiger partial charge in [0.15, 0.2) is 5.96 Å². The fourth-order valence-corrected chi connectivity index (χ4v) is 2.56. The number of benzene rings is 1. The van der Waals surface area contributed by atoms with Crippen LogP contribution in [0.4, 0.5) is 5.69 Å². The van der Waals surface area contributed by atoms with E-state index in [4.69, 9.17) is 5.73 Å². The number of aliphatic imine (C=N–C) groups is 1. The second-order valence-electron chi connectivity index (χ2n) is 6.29. The molecule has 0 amide bonds. The molecule has 0 radical (unpaired) electrons. The molecule has 132 valence electrons. The van der Waals surface area contributed by atoms with E-state index in [2.05, 4.69) is 50.1 Å². The van der Waals surface area contributed by atoms with E-state index in [0.29, 0.717) is 18.4 Å². The molecule has 0 saturated carbocycles. The Morgan fingerprint density at radius 1 is 1.30 bits per heavy atom. The number of rotatable bonds is 8. The Morgan fingerprint density at radius 2 is 1.96 bits per heavy atom. The standard InChI is InChI=1S/C18H31N3O.HI/c1-5-18(6-2,10-11-22)13-20-17(19)21-16-9-7-8-15(12-16)14(3)4;/h7-9,12,14,22H,5-6,10-11,13H2,1-4H3,(H3,19,20,21);1H. The van der Waals surface area contributed by atoms with Gasteiger partial charge in [-0.15, -0.1) is 24.0 Å². The van der Waals surface area contributed by atoms with E-state index in [1.54, 1.807) is 0 Å². The Labute approximate surface area is 158 Å². The van der Waals surface area contributed by atoms with Crippen molar-refractivity contribution >= 4 is 35.6 Å². The predicted molar refractivity (Wildman–Crippen MR) is 111 cm³/mol. The second kappa shape index (κ2) is 10.9. The lowest BCUT2D eigenvalue weighted by Gasteiger charge is -2.29. The van der Waals surface area contributed by atoms with Crippen LogP contribution in [0, 0.1) is 5.41 Å². The summed E-state index contributed by atoms with van der Waals surface area (Å²) in [7, 11) is 0. The van der Waals surface area contributed by atoms with Gasteiger partial charge in [-0.2, -0.15) is 0 Å². The smallest absolute Gasteiger partial charge is 0.193 e. The summed E-state index contributed by atoms with van der Waals surface area (Å²) in [6.07, 6.45) is 2.74. The molecule has 5 heteroatoms. The van der Waals surface area contributed by atoms with Crippen molar-refractivity contribution in [1.29, 1.82) is 0 Å². The van der Waals surface area contributed by atoms with Crippen molar-refractivity contribution in [2.75, 3.05) is 18.5 Å². The van der Waals surface area contributed by atoms with E-state index in [-0.39, 0.29) is 36.0 Å². The molecule has 0 spiro atoms. The summed E-state index contributed by atoms with van der Waals surface area (Å²) < 4.78 is 0. The lowest BCUT2D eigenvalue weighted by molar-refractivity contribution is 0.175. The molecule has 0 aliphatic rings. The van der Waals surface area contributed by atoms with Gasteiger partial charge >= 0.3 is 0 Å². The summed E-state index contributed by atoms with van der Waals surface area (Å²) in [5.74, 6) is 0.919. The van der Waals surface area contributed by atoms with Crippen molar-refractivity contribution in [3.8, 4) is 0 Å². The minimum Gasteiger partial charge on any atom is -0.396 e. The van der Waals surface area contributed by atoms with Crippen molar-refractivity contribution < 1.29 is 5.11 Å². The highest BCUT2D eigenvalue weighted by atomic mass is 127. The molecule has 0 unspecified atom stereocenters. The van der Waals surface area contributed by atoms with Gasteiger partial charge in [-0.25, -0.2) is 0 Å². The summed E-state index contributed by atoms with van der Waals surface area (Å²) in [6, 6.07) is 8.24. The van der Waals surface area contributed by atoms with Crippen LogP contribution in [0.3, 0.4) is 0 Å². The topological polar surface area (TPSA) is 70.6 Å². The summed E-state index contributed by atoms with van der Waals surface area (Å²) in [5, 5.41) is 12.4. The molecule has 1 aromatic rings. The van der Waals surface area contributed by atoms with Crippen LogP contribution < -0.4 is 11.1 Å². The lowest BCUT2D eigenvalue weighted by Crippen LogP contribution is -2.29. The lowest BCUT2D eigenvalue weighted by atomic mass is 9.79. The highest BCUT2D eigenvalue weighted by Crippen LogP contribution is 2.30. The quantitative estimate of drug-likeness (QED) is 0.325. The number of hydrogen-bond acceptors (Lipinski definition) is 2. The number of aliphatic hydroxyl groups is 1.